The molecule has 2 amide bonds. The van der Waals surface area contributed by atoms with Crippen molar-refractivity contribution in [2.45, 2.75) is 33.0 Å². The van der Waals surface area contributed by atoms with Crippen molar-refractivity contribution >= 4 is 11.8 Å². The molecule has 1 fully saturated rings. The summed E-state index contributed by atoms with van der Waals surface area (Å²) in [5, 5.41) is 0. The highest BCUT2D eigenvalue weighted by Crippen LogP contribution is 2.30. The molecule has 196 valence electrons. The Morgan fingerprint density at radius 1 is 1.00 bits per heavy atom. The molecule has 2 aromatic carbocycles. The van der Waals surface area contributed by atoms with Crippen LogP contribution in [0.3, 0.4) is 0 Å². The van der Waals surface area contributed by atoms with Crippen molar-refractivity contribution in [1.29, 1.82) is 0 Å². The maximum absolute atomic E-state index is 13.0. The summed E-state index contributed by atoms with van der Waals surface area (Å²) in [6.07, 6.45) is 1.42. The summed E-state index contributed by atoms with van der Waals surface area (Å²) in [5.41, 5.74) is 2.39. The lowest BCUT2D eigenvalue weighted by Crippen LogP contribution is -2.50. The lowest BCUT2D eigenvalue weighted by molar-refractivity contribution is -0.130. The number of oxazole rings is 1. The second-order valence-corrected chi connectivity index (χ2v) is 9.09. The smallest absolute Gasteiger partial charge is 0.275 e. The quantitative estimate of drug-likeness (QED) is 0.437. The molecule has 0 unspecified atom stereocenters. The molecule has 0 bridgehead atoms. The summed E-state index contributed by atoms with van der Waals surface area (Å²) in [4.78, 5) is 34.8. The molecule has 0 radical (unpaired) electrons. The van der Waals surface area contributed by atoms with E-state index >= 15 is 0 Å². The van der Waals surface area contributed by atoms with E-state index in [1.165, 1.54) is 6.26 Å². The van der Waals surface area contributed by atoms with Crippen LogP contribution in [-0.4, -0.2) is 71.9 Å². The molecular weight excluding hydrogens is 472 g/mol. The molecule has 0 aliphatic carbocycles. The molecule has 1 aliphatic heterocycles. The van der Waals surface area contributed by atoms with E-state index in [1.54, 1.807) is 30.9 Å². The van der Waals surface area contributed by atoms with Gasteiger partial charge in [0, 0.05) is 51.3 Å². The van der Waals surface area contributed by atoms with Gasteiger partial charge >= 0.3 is 0 Å². The summed E-state index contributed by atoms with van der Waals surface area (Å²) in [6, 6.07) is 16.0. The minimum Gasteiger partial charge on any atom is -0.497 e. The second kappa shape index (κ2) is 11.9. The Labute approximate surface area is 217 Å². The van der Waals surface area contributed by atoms with Gasteiger partial charge in [-0.2, -0.15) is 0 Å². The monoisotopic (exact) mass is 506 g/mol. The van der Waals surface area contributed by atoms with Gasteiger partial charge in [-0.05, 0) is 30.7 Å². The molecule has 1 atom stereocenters. The SMILES string of the molecule is COc1ccc(OC)c(CN(Cc2nc(C(=O)N3CCN(C(C)=O)CC3)co2)[C@@H](C)c2ccccc2)c1. The number of amides is 2. The van der Waals surface area contributed by atoms with Crippen LogP contribution in [-0.2, 0) is 17.9 Å². The number of methoxy groups -OCH3 is 2. The first kappa shape index (κ1) is 26.2. The summed E-state index contributed by atoms with van der Waals surface area (Å²) < 4.78 is 16.8. The highest BCUT2D eigenvalue weighted by atomic mass is 16.5. The molecule has 1 aromatic heterocycles. The normalized spacial score (nSPS) is 14.5. The first-order valence-corrected chi connectivity index (χ1v) is 12.4. The Morgan fingerprint density at radius 3 is 2.35 bits per heavy atom. The fourth-order valence-corrected chi connectivity index (χ4v) is 4.54. The average Bonchev–Trinajstić information content (AvgIpc) is 3.40. The van der Waals surface area contributed by atoms with Gasteiger partial charge in [-0.15, -0.1) is 0 Å². The molecule has 9 heteroatoms. The molecule has 0 saturated carbocycles. The number of piperazine rings is 1. The van der Waals surface area contributed by atoms with Crippen molar-refractivity contribution in [2.24, 2.45) is 0 Å². The maximum Gasteiger partial charge on any atom is 0.275 e. The van der Waals surface area contributed by atoms with E-state index in [-0.39, 0.29) is 23.6 Å². The van der Waals surface area contributed by atoms with Crippen LogP contribution in [0.2, 0.25) is 0 Å². The van der Waals surface area contributed by atoms with E-state index in [9.17, 15) is 9.59 Å². The fourth-order valence-electron chi connectivity index (χ4n) is 4.54. The summed E-state index contributed by atoms with van der Waals surface area (Å²) >= 11 is 0. The van der Waals surface area contributed by atoms with Gasteiger partial charge < -0.3 is 23.7 Å². The Morgan fingerprint density at radius 2 is 1.70 bits per heavy atom. The zero-order chi connectivity index (χ0) is 26.4. The van der Waals surface area contributed by atoms with Crippen molar-refractivity contribution in [3.05, 3.63) is 77.5 Å². The van der Waals surface area contributed by atoms with Gasteiger partial charge in [0.05, 0.1) is 20.8 Å². The molecule has 9 nitrogen and oxygen atoms in total. The van der Waals surface area contributed by atoms with Crippen LogP contribution in [0.25, 0.3) is 0 Å². The van der Waals surface area contributed by atoms with E-state index < -0.39 is 0 Å². The number of carbonyl (C=O) groups is 2. The van der Waals surface area contributed by atoms with E-state index in [0.29, 0.717) is 45.2 Å². The van der Waals surface area contributed by atoms with Gasteiger partial charge in [-0.1, -0.05) is 30.3 Å². The summed E-state index contributed by atoms with van der Waals surface area (Å²) in [7, 11) is 3.29. The standard InChI is InChI=1S/C28H34N4O5/c1-20(22-8-6-5-7-9-22)32(17-23-16-24(35-3)10-11-26(23)36-4)18-27-29-25(19-37-27)28(34)31-14-12-30(13-15-31)21(2)33/h5-11,16,19-20H,12-15,17-18H2,1-4H3/t20-/m0/s1. The number of hydrogen-bond acceptors (Lipinski definition) is 7. The predicted molar refractivity (Wildman–Crippen MR) is 138 cm³/mol. The van der Waals surface area contributed by atoms with Crippen LogP contribution >= 0.6 is 0 Å². The van der Waals surface area contributed by atoms with E-state index in [2.05, 4.69) is 28.9 Å². The molecule has 1 aliphatic rings. The number of carbonyl (C=O) groups excluding carboxylic acids is 2. The van der Waals surface area contributed by atoms with Crippen molar-refractivity contribution in [3.8, 4) is 11.5 Å². The molecule has 4 rings (SSSR count). The minimum atomic E-state index is -0.185. The first-order valence-electron chi connectivity index (χ1n) is 12.4. The molecule has 2 heterocycles. The molecule has 0 spiro atoms. The lowest BCUT2D eigenvalue weighted by Gasteiger charge is -2.33. The summed E-state index contributed by atoms with van der Waals surface area (Å²) in [6.45, 7) is 6.63. The number of benzene rings is 2. The predicted octanol–water partition coefficient (Wildman–Crippen LogP) is 3.76. The van der Waals surface area contributed by atoms with Crippen molar-refractivity contribution in [1.82, 2.24) is 19.7 Å². The number of ether oxygens (including phenoxy) is 2. The van der Waals surface area contributed by atoms with Gasteiger partial charge in [-0.25, -0.2) is 4.98 Å². The third kappa shape index (κ3) is 6.29. The van der Waals surface area contributed by atoms with Gasteiger partial charge in [0.1, 0.15) is 17.8 Å². The zero-order valence-electron chi connectivity index (χ0n) is 21.8. The zero-order valence-corrected chi connectivity index (χ0v) is 21.8. The van der Waals surface area contributed by atoms with Crippen LogP contribution in [0.5, 0.6) is 11.5 Å². The largest absolute Gasteiger partial charge is 0.497 e. The van der Waals surface area contributed by atoms with Gasteiger partial charge in [-0.3, -0.25) is 14.5 Å². The highest BCUT2D eigenvalue weighted by Gasteiger charge is 2.26. The Bertz CT molecular complexity index is 1200. The van der Waals surface area contributed by atoms with Gasteiger partial charge in [0.2, 0.25) is 11.8 Å². The third-order valence-electron chi connectivity index (χ3n) is 6.81. The fraction of sp³-hybridized carbons (Fsp3) is 0.393. The Hall–Kier alpha value is -3.85. The molecule has 0 N–H and O–H groups in total. The van der Waals surface area contributed by atoms with Crippen molar-refractivity contribution in [2.75, 3.05) is 40.4 Å². The van der Waals surface area contributed by atoms with Crippen LogP contribution in [0.4, 0.5) is 0 Å². The van der Waals surface area contributed by atoms with Gasteiger partial charge in [0.15, 0.2) is 5.69 Å². The highest BCUT2D eigenvalue weighted by molar-refractivity contribution is 5.92. The van der Waals surface area contributed by atoms with Crippen LogP contribution in [0.15, 0.2) is 59.2 Å². The first-order chi connectivity index (χ1) is 17.9. The number of rotatable bonds is 9. The van der Waals surface area contributed by atoms with Crippen LogP contribution < -0.4 is 9.47 Å². The molecular formula is C28H34N4O5. The third-order valence-corrected chi connectivity index (χ3v) is 6.81. The van der Waals surface area contributed by atoms with Crippen LogP contribution in [0, 0.1) is 0 Å². The number of hydrogen-bond donors (Lipinski definition) is 0. The van der Waals surface area contributed by atoms with E-state index in [1.807, 2.05) is 36.4 Å². The second-order valence-electron chi connectivity index (χ2n) is 9.09. The number of nitrogens with zero attached hydrogens (tertiary/aromatic N) is 4. The molecule has 37 heavy (non-hydrogen) atoms. The topological polar surface area (TPSA) is 88.4 Å². The summed E-state index contributed by atoms with van der Waals surface area (Å²) in [5.74, 6) is 1.80. The van der Waals surface area contributed by atoms with Crippen LogP contribution in [0.1, 0.15) is 47.4 Å². The van der Waals surface area contributed by atoms with Gasteiger partial charge in [0.25, 0.3) is 5.91 Å². The molecule has 1 saturated heterocycles. The number of aromatic nitrogens is 1. The van der Waals surface area contributed by atoms with E-state index in [4.69, 9.17) is 13.9 Å². The maximum atomic E-state index is 13.0. The van der Waals surface area contributed by atoms with Crippen molar-refractivity contribution < 1.29 is 23.5 Å². The van der Waals surface area contributed by atoms with E-state index in [0.717, 1.165) is 22.6 Å². The van der Waals surface area contributed by atoms with Crippen molar-refractivity contribution in [3.63, 3.8) is 0 Å². The Balaban J connectivity index is 1.53. The lowest BCUT2D eigenvalue weighted by atomic mass is 10.1. The Kier molecular flexibility index (Phi) is 8.45. The average molecular weight is 507 g/mol. The minimum absolute atomic E-state index is 0.0242. The molecule has 3 aromatic rings.